The Hall–Kier alpha value is -3.03. The van der Waals surface area contributed by atoms with Gasteiger partial charge in [0, 0.05) is 11.1 Å². The number of halogens is 7. The largest absolute Gasteiger partial charge is 0.453 e. The van der Waals surface area contributed by atoms with Crippen molar-refractivity contribution in [2.24, 2.45) is 5.92 Å². The quantitative estimate of drug-likeness (QED) is 0.311. The molecule has 1 aliphatic carbocycles. The Labute approximate surface area is 204 Å². The minimum atomic E-state index is -5.20. The van der Waals surface area contributed by atoms with Crippen molar-refractivity contribution in [1.29, 1.82) is 0 Å². The number of rotatable bonds is 5. The predicted octanol–water partition coefficient (Wildman–Crippen LogP) is 9.71. The maximum Gasteiger partial charge on any atom is 0.422 e. The van der Waals surface area contributed by atoms with E-state index < -0.39 is 35.0 Å². The molecular weight excluding hydrogens is 485 g/mol. The lowest BCUT2D eigenvalue weighted by molar-refractivity contribution is -0.142. The van der Waals surface area contributed by atoms with Gasteiger partial charge in [-0.1, -0.05) is 31.5 Å². The third-order valence-electron chi connectivity index (χ3n) is 6.96. The van der Waals surface area contributed by atoms with Crippen LogP contribution in [0.5, 0.6) is 11.5 Å². The molecule has 0 spiro atoms. The van der Waals surface area contributed by atoms with E-state index in [1.165, 1.54) is 37.3 Å². The van der Waals surface area contributed by atoms with Gasteiger partial charge < -0.3 is 4.74 Å². The lowest BCUT2D eigenvalue weighted by Crippen LogP contribution is -2.15. The van der Waals surface area contributed by atoms with Crippen LogP contribution in [-0.4, -0.2) is 0 Å². The van der Waals surface area contributed by atoms with E-state index in [-0.39, 0.29) is 39.7 Å². The van der Waals surface area contributed by atoms with E-state index >= 15 is 4.39 Å². The third-order valence-corrected chi connectivity index (χ3v) is 6.96. The predicted molar refractivity (Wildman–Crippen MR) is 123 cm³/mol. The Bertz CT molecular complexity index is 1230. The Balaban J connectivity index is 1.73. The Morgan fingerprint density at radius 2 is 1.47 bits per heavy atom. The van der Waals surface area contributed by atoms with Crippen LogP contribution in [0.3, 0.4) is 0 Å². The van der Waals surface area contributed by atoms with E-state index in [2.05, 4.69) is 6.92 Å². The van der Waals surface area contributed by atoms with Crippen LogP contribution in [0.1, 0.15) is 61.6 Å². The standard InChI is InChI=1S/C28H25F7O/c1-3-16-8-10-17(11-9-16)24-20(29)12-15(2)27(26(24)32)36-23-7-5-4-6-19(23)18-13-21(30)25(22(31)14-18)28(33,34)35/h4-7,12-14,16-17H,3,8-11H2,1-2H3. The van der Waals surface area contributed by atoms with Crippen LogP contribution in [0.15, 0.2) is 42.5 Å². The summed E-state index contributed by atoms with van der Waals surface area (Å²) >= 11 is 0. The van der Waals surface area contributed by atoms with Crippen molar-refractivity contribution in [3.05, 3.63) is 82.4 Å². The number of aryl methyl sites for hydroxylation is 1. The lowest BCUT2D eigenvalue weighted by Gasteiger charge is -2.29. The van der Waals surface area contributed by atoms with Crippen LogP contribution in [0.25, 0.3) is 11.1 Å². The first-order chi connectivity index (χ1) is 17.0. The van der Waals surface area contributed by atoms with E-state index in [4.69, 9.17) is 4.74 Å². The summed E-state index contributed by atoms with van der Waals surface area (Å²) in [6.45, 7) is 3.56. The molecule has 36 heavy (non-hydrogen) atoms. The van der Waals surface area contributed by atoms with Gasteiger partial charge in [0.25, 0.3) is 0 Å². The Kier molecular flexibility index (Phi) is 7.34. The minimum absolute atomic E-state index is 0.0368. The second-order valence-corrected chi connectivity index (χ2v) is 9.27. The molecule has 0 saturated heterocycles. The molecule has 3 aromatic rings. The average molecular weight is 510 g/mol. The van der Waals surface area contributed by atoms with Crippen molar-refractivity contribution >= 4 is 0 Å². The first kappa shape index (κ1) is 26.0. The van der Waals surface area contributed by atoms with Crippen molar-refractivity contribution in [2.75, 3.05) is 0 Å². The normalized spacial score (nSPS) is 18.4. The maximum atomic E-state index is 15.7. The molecule has 0 atom stereocenters. The molecule has 1 aliphatic rings. The van der Waals surface area contributed by atoms with Crippen LogP contribution < -0.4 is 4.74 Å². The molecular formula is C28H25F7O. The molecule has 3 aromatic carbocycles. The van der Waals surface area contributed by atoms with Gasteiger partial charge in [0.15, 0.2) is 11.6 Å². The molecule has 0 heterocycles. The van der Waals surface area contributed by atoms with Gasteiger partial charge in [-0.25, -0.2) is 17.6 Å². The van der Waals surface area contributed by atoms with Gasteiger partial charge in [0.1, 0.15) is 28.8 Å². The van der Waals surface area contributed by atoms with Crippen molar-refractivity contribution in [1.82, 2.24) is 0 Å². The summed E-state index contributed by atoms with van der Waals surface area (Å²) in [6, 6.07) is 8.12. The monoisotopic (exact) mass is 510 g/mol. The van der Waals surface area contributed by atoms with Gasteiger partial charge in [-0.3, -0.25) is 0 Å². The van der Waals surface area contributed by atoms with Gasteiger partial charge in [-0.05, 0) is 79.8 Å². The number of hydrogen-bond donors (Lipinski definition) is 0. The zero-order valence-corrected chi connectivity index (χ0v) is 19.8. The number of para-hydroxylation sites is 1. The molecule has 1 nitrogen and oxygen atoms in total. The highest BCUT2D eigenvalue weighted by Crippen LogP contribution is 2.44. The summed E-state index contributed by atoms with van der Waals surface area (Å²) in [5.41, 5.74) is -2.03. The van der Waals surface area contributed by atoms with Gasteiger partial charge >= 0.3 is 6.18 Å². The maximum absolute atomic E-state index is 15.7. The highest BCUT2D eigenvalue weighted by Gasteiger charge is 2.38. The summed E-state index contributed by atoms with van der Waals surface area (Å²) in [5.74, 6) is -5.09. The van der Waals surface area contributed by atoms with Crippen molar-refractivity contribution < 1.29 is 35.5 Å². The van der Waals surface area contributed by atoms with E-state index in [1.807, 2.05) is 0 Å². The fourth-order valence-corrected chi connectivity index (χ4v) is 5.00. The number of benzene rings is 3. The van der Waals surface area contributed by atoms with E-state index in [1.54, 1.807) is 0 Å². The van der Waals surface area contributed by atoms with Crippen molar-refractivity contribution in [3.63, 3.8) is 0 Å². The smallest absolute Gasteiger partial charge is 0.422 e. The van der Waals surface area contributed by atoms with E-state index in [0.717, 1.165) is 19.3 Å². The molecule has 0 bridgehead atoms. The van der Waals surface area contributed by atoms with Gasteiger partial charge in [-0.2, -0.15) is 13.2 Å². The highest BCUT2D eigenvalue weighted by atomic mass is 19.4. The van der Waals surface area contributed by atoms with Gasteiger partial charge in [-0.15, -0.1) is 0 Å². The minimum Gasteiger partial charge on any atom is -0.453 e. The molecule has 1 saturated carbocycles. The summed E-state index contributed by atoms with van der Waals surface area (Å²) in [4.78, 5) is 0. The number of ether oxygens (including phenoxy) is 1. The summed E-state index contributed by atoms with van der Waals surface area (Å²) in [6.07, 6.45) is -1.15. The molecule has 1 fully saturated rings. The zero-order valence-electron chi connectivity index (χ0n) is 19.8. The number of hydrogen-bond acceptors (Lipinski definition) is 1. The lowest BCUT2D eigenvalue weighted by atomic mass is 9.77. The second kappa shape index (κ2) is 10.1. The zero-order chi connectivity index (χ0) is 26.2. The SMILES string of the molecule is CCC1CCC(c2c(F)cc(C)c(Oc3ccccc3-c3cc(F)c(C(F)(F)F)c(F)c3)c2F)CC1. The van der Waals surface area contributed by atoms with Crippen LogP contribution in [0.2, 0.25) is 0 Å². The fraction of sp³-hybridized carbons (Fsp3) is 0.357. The molecule has 0 aliphatic heterocycles. The van der Waals surface area contributed by atoms with Crippen molar-refractivity contribution in [2.45, 2.75) is 58.0 Å². The molecule has 0 radical (unpaired) electrons. The van der Waals surface area contributed by atoms with Crippen LogP contribution in [-0.2, 0) is 6.18 Å². The summed E-state index contributed by atoms with van der Waals surface area (Å²) < 4.78 is 104. The first-order valence-corrected chi connectivity index (χ1v) is 11.8. The van der Waals surface area contributed by atoms with Gasteiger partial charge in [0.2, 0.25) is 0 Å². The highest BCUT2D eigenvalue weighted by molar-refractivity contribution is 5.71. The molecule has 0 unspecified atom stereocenters. The molecule has 0 aromatic heterocycles. The Morgan fingerprint density at radius 3 is 2.06 bits per heavy atom. The van der Waals surface area contributed by atoms with Crippen molar-refractivity contribution in [3.8, 4) is 22.6 Å². The summed E-state index contributed by atoms with van der Waals surface area (Å²) in [7, 11) is 0. The van der Waals surface area contributed by atoms with Crippen LogP contribution in [0, 0.1) is 36.1 Å². The van der Waals surface area contributed by atoms with Crippen LogP contribution in [0.4, 0.5) is 30.7 Å². The third kappa shape index (κ3) is 5.08. The van der Waals surface area contributed by atoms with E-state index in [0.29, 0.717) is 30.9 Å². The Morgan fingerprint density at radius 1 is 0.861 bits per heavy atom. The number of alkyl halides is 3. The molecule has 0 amide bonds. The fourth-order valence-electron chi connectivity index (χ4n) is 5.00. The van der Waals surface area contributed by atoms with Gasteiger partial charge in [0.05, 0.1) is 0 Å². The first-order valence-electron chi connectivity index (χ1n) is 11.8. The molecule has 0 N–H and O–H groups in total. The van der Waals surface area contributed by atoms with E-state index in [9.17, 15) is 26.3 Å². The molecule has 192 valence electrons. The average Bonchev–Trinajstić information content (AvgIpc) is 2.81. The van der Waals surface area contributed by atoms with Crippen LogP contribution >= 0.6 is 0 Å². The second-order valence-electron chi connectivity index (χ2n) is 9.27. The summed E-state index contributed by atoms with van der Waals surface area (Å²) in [5, 5.41) is 0. The molecule has 4 rings (SSSR count). The molecule has 8 heteroatoms. The topological polar surface area (TPSA) is 9.23 Å².